The average molecular weight is 383 g/mol. The van der Waals surface area contributed by atoms with Gasteiger partial charge in [-0.2, -0.15) is 5.26 Å². The number of ether oxygens (including phenoxy) is 1. The van der Waals surface area contributed by atoms with Gasteiger partial charge in [0, 0.05) is 49.5 Å². The van der Waals surface area contributed by atoms with Crippen LogP contribution in [0.4, 0.5) is 0 Å². The number of carbonyl (C=O) groups excluding carboxylic acids is 1. The lowest BCUT2D eigenvalue weighted by molar-refractivity contribution is 0.102. The molecule has 140 valence electrons. The fourth-order valence-electron chi connectivity index (χ4n) is 2.92. The highest BCUT2D eigenvalue weighted by Crippen LogP contribution is 2.24. The molecule has 0 aliphatic rings. The third-order valence-electron chi connectivity index (χ3n) is 4.21. The van der Waals surface area contributed by atoms with E-state index in [0.29, 0.717) is 25.1 Å². The standard InChI is InChI=1S/C19H21N5O2S/c1-26-11-5-10-24-14-21-22-19(24)27-13-18(25)16-12-23(9-4-8-20)17-7-3-2-6-15(16)17/h2-3,6-7,12,14H,4-5,9-11,13H2,1H3. The molecule has 2 aromatic heterocycles. The first kappa shape index (κ1) is 19.1. The van der Waals surface area contributed by atoms with Gasteiger partial charge in [0.05, 0.1) is 18.2 Å². The third-order valence-corrected chi connectivity index (χ3v) is 5.19. The summed E-state index contributed by atoms with van der Waals surface area (Å²) < 4.78 is 8.98. The van der Waals surface area contributed by atoms with Crippen molar-refractivity contribution in [3.63, 3.8) is 0 Å². The topological polar surface area (TPSA) is 85.7 Å². The second-order valence-corrected chi connectivity index (χ2v) is 6.97. The number of nitrogens with zero attached hydrogens (tertiary/aromatic N) is 5. The molecule has 0 saturated carbocycles. The monoisotopic (exact) mass is 383 g/mol. The van der Waals surface area contributed by atoms with Gasteiger partial charge in [0.15, 0.2) is 10.9 Å². The van der Waals surface area contributed by atoms with E-state index in [-0.39, 0.29) is 11.5 Å². The van der Waals surface area contributed by atoms with Crippen molar-refractivity contribution in [3.05, 3.63) is 42.4 Å². The molecule has 0 unspecified atom stereocenters. The summed E-state index contributed by atoms with van der Waals surface area (Å²) in [7, 11) is 1.67. The van der Waals surface area contributed by atoms with E-state index in [1.54, 1.807) is 13.4 Å². The molecule has 3 rings (SSSR count). The number of aromatic nitrogens is 4. The number of carbonyl (C=O) groups is 1. The Bertz CT molecular complexity index is 957. The molecule has 0 amide bonds. The molecule has 0 fully saturated rings. The molecule has 27 heavy (non-hydrogen) atoms. The number of nitriles is 1. The quantitative estimate of drug-likeness (QED) is 0.304. The van der Waals surface area contributed by atoms with Crippen LogP contribution in [0.3, 0.4) is 0 Å². The van der Waals surface area contributed by atoms with Crippen LogP contribution >= 0.6 is 11.8 Å². The maximum absolute atomic E-state index is 12.8. The van der Waals surface area contributed by atoms with Crippen molar-refractivity contribution in [1.29, 1.82) is 5.26 Å². The number of fused-ring (bicyclic) bond motifs is 1. The van der Waals surface area contributed by atoms with E-state index in [0.717, 1.165) is 29.0 Å². The Morgan fingerprint density at radius 1 is 1.30 bits per heavy atom. The summed E-state index contributed by atoms with van der Waals surface area (Å²) in [5.41, 5.74) is 1.66. The van der Waals surface area contributed by atoms with Crippen LogP contribution < -0.4 is 0 Å². The van der Waals surface area contributed by atoms with E-state index in [2.05, 4.69) is 16.3 Å². The number of hydrogen-bond acceptors (Lipinski definition) is 6. The SMILES string of the molecule is COCCCn1cnnc1SCC(=O)c1cn(CCC#N)c2ccccc12. The van der Waals surface area contributed by atoms with E-state index in [4.69, 9.17) is 10.00 Å². The molecule has 0 aliphatic heterocycles. The highest BCUT2D eigenvalue weighted by Gasteiger charge is 2.16. The summed E-state index contributed by atoms with van der Waals surface area (Å²) in [4.78, 5) is 12.8. The van der Waals surface area contributed by atoms with Crippen LogP contribution in [-0.4, -0.2) is 44.6 Å². The van der Waals surface area contributed by atoms with Gasteiger partial charge < -0.3 is 13.9 Å². The van der Waals surface area contributed by atoms with E-state index in [1.165, 1.54) is 11.8 Å². The minimum absolute atomic E-state index is 0.0401. The number of thioether (sulfide) groups is 1. The van der Waals surface area contributed by atoms with Gasteiger partial charge in [0.1, 0.15) is 6.33 Å². The second kappa shape index (κ2) is 9.35. The Morgan fingerprint density at radius 3 is 2.96 bits per heavy atom. The van der Waals surface area contributed by atoms with E-state index < -0.39 is 0 Å². The van der Waals surface area contributed by atoms with Crippen LogP contribution in [0.1, 0.15) is 23.2 Å². The fourth-order valence-corrected chi connectivity index (χ4v) is 3.75. The Kier molecular flexibility index (Phi) is 6.63. The molecule has 3 aromatic rings. The third kappa shape index (κ3) is 4.56. The van der Waals surface area contributed by atoms with Crippen LogP contribution in [0, 0.1) is 11.3 Å². The van der Waals surface area contributed by atoms with E-state index in [1.807, 2.05) is 39.6 Å². The zero-order chi connectivity index (χ0) is 19.1. The molecule has 0 atom stereocenters. The number of methoxy groups -OCH3 is 1. The number of ketones is 1. The summed E-state index contributed by atoms with van der Waals surface area (Å²) in [6.07, 6.45) is 4.80. The van der Waals surface area contributed by atoms with Crippen molar-refractivity contribution in [2.24, 2.45) is 0 Å². The summed E-state index contributed by atoms with van der Waals surface area (Å²) in [5, 5.41) is 18.6. The number of aryl methyl sites for hydroxylation is 2. The van der Waals surface area contributed by atoms with Crippen molar-refractivity contribution in [1.82, 2.24) is 19.3 Å². The lowest BCUT2D eigenvalue weighted by atomic mass is 10.1. The molecular formula is C19H21N5O2S. The zero-order valence-corrected chi connectivity index (χ0v) is 16.0. The van der Waals surface area contributed by atoms with E-state index >= 15 is 0 Å². The lowest BCUT2D eigenvalue weighted by Crippen LogP contribution is -2.06. The Hall–Kier alpha value is -2.63. The number of Topliss-reactive ketones (excluding diaryl/α,β-unsaturated/α-hetero) is 1. The first-order valence-electron chi connectivity index (χ1n) is 8.72. The first-order valence-corrected chi connectivity index (χ1v) is 9.70. The van der Waals surface area contributed by atoms with Gasteiger partial charge in [-0.15, -0.1) is 10.2 Å². The number of benzene rings is 1. The average Bonchev–Trinajstić information content (AvgIpc) is 3.29. The second-order valence-electron chi connectivity index (χ2n) is 6.03. The van der Waals surface area contributed by atoms with E-state index in [9.17, 15) is 4.79 Å². The molecule has 8 heteroatoms. The number of hydrogen-bond donors (Lipinski definition) is 0. The summed E-state index contributed by atoms with van der Waals surface area (Å²) in [6.45, 7) is 2.00. The van der Waals surface area contributed by atoms with Gasteiger partial charge >= 0.3 is 0 Å². The number of para-hydroxylation sites is 1. The molecule has 1 aromatic carbocycles. The van der Waals surface area contributed by atoms with Gasteiger partial charge in [-0.1, -0.05) is 30.0 Å². The molecule has 0 N–H and O–H groups in total. The molecule has 0 saturated heterocycles. The number of rotatable bonds is 10. The molecule has 2 heterocycles. The van der Waals surface area contributed by atoms with Crippen LogP contribution in [0.25, 0.3) is 10.9 Å². The predicted octanol–water partition coefficient (Wildman–Crippen LogP) is 3.16. The van der Waals surface area contributed by atoms with Crippen LogP contribution in [0.2, 0.25) is 0 Å². The Balaban J connectivity index is 1.72. The predicted molar refractivity (Wildman–Crippen MR) is 104 cm³/mol. The minimum Gasteiger partial charge on any atom is -0.385 e. The molecule has 0 radical (unpaired) electrons. The smallest absolute Gasteiger partial charge is 0.191 e. The molecule has 0 bridgehead atoms. The van der Waals surface area contributed by atoms with Crippen molar-refractivity contribution in [2.45, 2.75) is 31.1 Å². The zero-order valence-electron chi connectivity index (χ0n) is 15.2. The maximum Gasteiger partial charge on any atom is 0.191 e. The fraction of sp³-hybridized carbons (Fsp3) is 0.368. The molecule has 0 aliphatic carbocycles. The first-order chi connectivity index (χ1) is 13.2. The summed E-state index contributed by atoms with van der Waals surface area (Å²) in [5.74, 6) is 0.327. The summed E-state index contributed by atoms with van der Waals surface area (Å²) in [6, 6.07) is 9.94. The molecular weight excluding hydrogens is 362 g/mol. The van der Waals surface area contributed by atoms with Gasteiger partial charge in [-0.05, 0) is 12.5 Å². The highest BCUT2D eigenvalue weighted by molar-refractivity contribution is 7.99. The van der Waals surface area contributed by atoms with Crippen LogP contribution in [0.5, 0.6) is 0 Å². The maximum atomic E-state index is 12.8. The van der Waals surface area contributed by atoms with Gasteiger partial charge in [0.2, 0.25) is 0 Å². The van der Waals surface area contributed by atoms with Crippen LogP contribution in [0.15, 0.2) is 41.9 Å². The van der Waals surface area contributed by atoms with Crippen molar-refractivity contribution in [2.75, 3.05) is 19.5 Å². The molecule has 7 nitrogen and oxygen atoms in total. The Morgan fingerprint density at radius 2 is 2.15 bits per heavy atom. The lowest BCUT2D eigenvalue weighted by Gasteiger charge is -2.05. The Labute approximate surface area is 161 Å². The molecule has 0 spiro atoms. The largest absolute Gasteiger partial charge is 0.385 e. The summed E-state index contributed by atoms with van der Waals surface area (Å²) >= 11 is 1.39. The highest BCUT2D eigenvalue weighted by atomic mass is 32.2. The van der Waals surface area contributed by atoms with Gasteiger partial charge in [0.25, 0.3) is 0 Å². The van der Waals surface area contributed by atoms with Crippen molar-refractivity contribution in [3.8, 4) is 6.07 Å². The van der Waals surface area contributed by atoms with Crippen molar-refractivity contribution < 1.29 is 9.53 Å². The minimum atomic E-state index is 0.0401. The van der Waals surface area contributed by atoms with Crippen LogP contribution in [-0.2, 0) is 17.8 Å². The van der Waals surface area contributed by atoms with Gasteiger partial charge in [-0.3, -0.25) is 4.79 Å². The van der Waals surface area contributed by atoms with Gasteiger partial charge in [-0.25, -0.2) is 0 Å². The van der Waals surface area contributed by atoms with Crippen molar-refractivity contribution >= 4 is 28.4 Å². The normalized spacial score (nSPS) is 11.0.